The van der Waals surface area contributed by atoms with Crippen LogP contribution in [-0.2, 0) is 14.9 Å². The lowest BCUT2D eigenvalue weighted by Crippen LogP contribution is -2.45. The minimum atomic E-state index is -0.541. The number of carbonyl (C=O) groups excluding carboxylic acids is 1. The molecule has 0 unspecified atom stereocenters. The summed E-state index contributed by atoms with van der Waals surface area (Å²) in [5.74, 6) is 0.153. The Kier molecular flexibility index (Phi) is 4.68. The van der Waals surface area contributed by atoms with Gasteiger partial charge in [0.25, 0.3) is 0 Å². The molecule has 0 fully saturated rings. The number of rotatable bonds is 4. The van der Waals surface area contributed by atoms with Crippen molar-refractivity contribution in [2.45, 2.75) is 25.7 Å². The van der Waals surface area contributed by atoms with E-state index >= 15 is 0 Å². The topological polar surface area (TPSA) is 55.6 Å². The first-order valence-electron chi connectivity index (χ1n) is 7.27. The van der Waals surface area contributed by atoms with Crippen LogP contribution < -0.4 is 5.73 Å². The van der Waals surface area contributed by atoms with Gasteiger partial charge in [-0.05, 0) is 43.5 Å². The number of methoxy groups -OCH3 is 1. The van der Waals surface area contributed by atoms with Crippen LogP contribution in [0.1, 0.15) is 25.8 Å². The molecule has 1 aliphatic heterocycles. The summed E-state index contributed by atoms with van der Waals surface area (Å²) in [5.41, 5.74) is 8.16. The Morgan fingerprint density at radius 1 is 1.33 bits per heavy atom. The van der Waals surface area contributed by atoms with E-state index in [1.807, 2.05) is 43.0 Å². The van der Waals surface area contributed by atoms with Gasteiger partial charge in [-0.2, -0.15) is 0 Å². The summed E-state index contributed by atoms with van der Waals surface area (Å²) in [6, 6.07) is 7.56. The molecule has 1 aromatic carbocycles. The second-order valence-electron chi connectivity index (χ2n) is 6.04. The van der Waals surface area contributed by atoms with Crippen LogP contribution in [0.15, 0.2) is 35.9 Å². The van der Waals surface area contributed by atoms with Crippen molar-refractivity contribution in [1.82, 2.24) is 4.90 Å². The van der Waals surface area contributed by atoms with Crippen molar-refractivity contribution >= 4 is 11.6 Å². The number of hydrogen-bond donors (Lipinski definition) is 1. The highest BCUT2D eigenvalue weighted by Gasteiger charge is 2.34. The van der Waals surface area contributed by atoms with Crippen LogP contribution in [0.3, 0.4) is 0 Å². The molecule has 0 atom stereocenters. The van der Waals surface area contributed by atoms with E-state index in [1.165, 1.54) is 5.57 Å². The number of hydrogen-bond acceptors (Lipinski definition) is 3. The second-order valence-corrected chi connectivity index (χ2v) is 6.04. The molecule has 2 N–H and O–H groups in total. The first-order valence-corrected chi connectivity index (χ1v) is 7.27. The average Bonchev–Trinajstić information content (AvgIpc) is 2.48. The maximum atomic E-state index is 12.8. The lowest BCUT2D eigenvalue weighted by Gasteiger charge is -2.34. The van der Waals surface area contributed by atoms with Crippen molar-refractivity contribution in [3.8, 4) is 0 Å². The summed E-state index contributed by atoms with van der Waals surface area (Å²) in [5, 5.41) is 0. The lowest BCUT2D eigenvalue weighted by atomic mass is 9.82. The molecule has 0 saturated carbocycles. The van der Waals surface area contributed by atoms with Gasteiger partial charge in [0.15, 0.2) is 0 Å². The van der Waals surface area contributed by atoms with Crippen molar-refractivity contribution < 1.29 is 9.53 Å². The van der Waals surface area contributed by atoms with Crippen molar-refractivity contribution in [1.29, 1.82) is 0 Å². The second kappa shape index (κ2) is 6.31. The van der Waals surface area contributed by atoms with E-state index in [2.05, 4.69) is 6.08 Å². The molecular formula is C17H24N2O2. The van der Waals surface area contributed by atoms with Crippen LogP contribution >= 0.6 is 0 Å². The third kappa shape index (κ3) is 3.45. The molecule has 0 aliphatic carbocycles. The summed E-state index contributed by atoms with van der Waals surface area (Å²) in [7, 11) is 1.70. The van der Waals surface area contributed by atoms with Crippen molar-refractivity contribution in [3.05, 3.63) is 41.5 Å². The molecule has 0 spiro atoms. The van der Waals surface area contributed by atoms with Crippen molar-refractivity contribution in [2.24, 2.45) is 0 Å². The van der Waals surface area contributed by atoms with E-state index in [0.717, 1.165) is 18.5 Å². The van der Waals surface area contributed by atoms with E-state index in [-0.39, 0.29) is 5.91 Å². The predicted octanol–water partition coefficient (Wildman–Crippen LogP) is 2.35. The van der Waals surface area contributed by atoms with E-state index < -0.39 is 5.41 Å². The highest BCUT2D eigenvalue weighted by molar-refractivity contribution is 5.87. The van der Waals surface area contributed by atoms with E-state index in [1.54, 1.807) is 7.11 Å². The molecule has 114 valence electrons. The lowest BCUT2D eigenvalue weighted by molar-refractivity contribution is -0.136. The fraction of sp³-hybridized carbons (Fsp3) is 0.471. The first kappa shape index (κ1) is 15.6. The van der Waals surface area contributed by atoms with Crippen LogP contribution in [0.2, 0.25) is 0 Å². The molecule has 1 heterocycles. The highest BCUT2D eigenvalue weighted by Crippen LogP contribution is 2.27. The number of benzene rings is 1. The van der Waals surface area contributed by atoms with E-state index in [9.17, 15) is 4.79 Å². The molecule has 21 heavy (non-hydrogen) atoms. The summed E-state index contributed by atoms with van der Waals surface area (Å²) < 4.78 is 5.14. The van der Waals surface area contributed by atoms with Crippen LogP contribution in [0.25, 0.3) is 0 Å². The zero-order valence-electron chi connectivity index (χ0n) is 13.1. The Morgan fingerprint density at radius 2 is 2.00 bits per heavy atom. The molecule has 1 amide bonds. The molecule has 1 aliphatic rings. The number of nitrogens with zero attached hydrogens (tertiary/aromatic N) is 1. The SMILES string of the molecule is COCC1=CCN(C(=O)C(C)(C)c2ccc(N)cc2)CC1. The van der Waals surface area contributed by atoms with Gasteiger partial charge in [0.05, 0.1) is 12.0 Å². The molecule has 1 aromatic rings. The summed E-state index contributed by atoms with van der Waals surface area (Å²) in [4.78, 5) is 14.7. The van der Waals surface area contributed by atoms with Crippen LogP contribution in [0, 0.1) is 0 Å². The number of carbonyl (C=O) groups is 1. The minimum absolute atomic E-state index is 0.153. The van der Waals surface area contributed by atoms with Crippen molar-refractivity contribution in [2.75, 3.05) is 32.5 Å². The Morgan fingerprint density at radius 3 is 2.52 bits per heavy atom. The van der Waals surface area contributed by atoms with Gasteiger partial charge in [0.1, 0.15) is 0 Å². The quantitative estimate of drug-likeness (QED) is 0.683. The maximum Gasteiger partial charge on any atom is 0.232 e. The van der Waals surface area contributed by atoms with Gasteiger partial charge in [0.2, 0.25) is 5.91 Å². The van der Waals surface area contributed by atoms with Gasteiger partial charge in [-0.1, -0.05) is 18.2 Å². The van der Waals surface area contributed by atoms with Crippen LogP contribution in [0.4, 0.5) is 5.69 Å². The molecule has 0 bridgehead atoms. The third-order valence-corrected chi connectivity index (χ3v) is 4.09. The number of nitrogens with two attached hydrogens (primary N) is 1. The van der Waals surface area contributed by atoms with E-state index in [4.69, 9.17) is 10.5 Å². The number of amides is 1. The molecule has 4 nitrogen and oxygen atoms in total. The Balaban J connectivity index is 2.10. The molecule has 4 heteroatoms. The fourth-order valence-corrected chi connectivity index (χ4v) is 2.63. The van der Waals surface area contributed by atoms with Crippen molar-refractivity contribution in [3.63, 3.8) is 0 Å². The van der Waals surface area contributed by atoms with Crippen LogP contribution in [0.5, 0.6) is 0 Å². The number of nitrogen functional groups attached to an aromatic ring is 1. The number of anilines is 1. The molecule has 0 saturated heterocycles. The summed E-state index contributed by atoms with van der Waals surface area (Å²) in [6.07, 6.45) is 2.99. The fourth-order valence-electron chi connectivity index (χ4n) is 2.63. The Labute approximate surface area is 126 Å². The van der Waals surface area contributed by atoms with Gasteiger partial charge >= 0.3 is 0 Å². The average molecular weight is 288 g/mol. The highest BCUT2D eigenvalue weighted by atomic mass is 16.5. The van der Waals surface area contributed by atoms with Gasteiger partial charge < -0.3 is 15.4 Å². The summed E-state index contributed by atoms with van der Waals surface area (Å²) in [6.45, 7) is 6.01. The smallest absolute Gasteiger partial charge is 0.232 e. The van der Waals surface area contributed by atoms with Gasteiger partial charge in [-0.3, -0.25) is 4.79 Å². The Hall–Kier alpha value is -1.81. The van der Waals surface area contributed by atoms with E-state index in [0.29, 0.717) is 18.8 Å². The predicted molar refractivity (Wildman–Crippen MR) is 85.0 cm³/mol. The normalized spacial score (nSPS) is 15.8. The van der Waals surface area contributed by atoms with Gasteiger partial charge in [-0.15, -0.1) is 0 Å². The van der Waals surface area contributed by atoms with Gasteiger partial charge in [-0.25, -0.2) is 0 Å². The first-order chi connectivity index (χ1) is 9.95. The zero-order chi connectivity index (χ0) is 15.5. The largest absolute Gasteiger partial charge is 0.399 e. The maximum absolute atomic E-state index is 12.8. The summed E-state index contributed by atoms with van der Waals surface area (Å²) >= 11 is 0. The minimum Gasteiger partial charge on any atom is -0.399 e. The van der Waals surface area contributed by atoms with Gasteiger partial charge in [0, 0.05) is 25.9 Å². The number of ether oxygens (including phenoxy) is 1. The monoisotopic (exact) mass is 288 g/mol. The molecule has 2 rings (SSSR count). The molecule has 0 radical (unpaired) electrons. The molecule has 0 aromatic heterocycles. The Bertz CT molecular complexity index is 532. The zero-order valence-corrected chi connectivity index (χ0v) is 13.1. The standard InChI is InChI=1S/C17H24N2O2/c1-17(2,14-4-6-15(18)7-5-14)16(20)19-10-8-13(9-11-19)12-21-3/h4-8H,9-12,18H2,1-3H3. The van der Waals surface area contributed by atoms with Crippen LogP contribution in [-0.4, -0.2) is 37.6 Å². The molecular weight excluding hydrogens is 264 g/mol. The third-order valence-electron chi connectivity index (χ3n) is 4.09.